The van der Waals surface area contributed by atoms with E-state index in [4.69, 9.17) is 10.5 Å². The Kier molecular flexibility index (Phi) is 6.71. The van der Waals surface area contributed by atoms with E-state index >= 15 is 0 Å². The lowest BCUT2D eigenvalue weighted by atomic mass is 10.1. The summed E-state index contributed by atoms with van der Waals surface area (Å²) >= 11 is 0. The Labute approximate surface area is 207 Å². The number of nitrogens with zero attached hydrogens (tertiary/aromatic N) is 2. The van der Waals surface area contributed by atoms with E-state index in [1.165, 1.54) is 55.5 Å². The topological polar surface area (TPSA) is 133 Å². The van der Waals surface area contributed by atoms with E-state index in [0.29, 0.717) is 11.4 Å². The molecule has 9 nitrogen and oxygen atoms in total. The lowest BCUT2D eigenvalue weighted by molar-refractivity contribution is -0.384. The molecule has 0 saturated carbocycles. The third-order valence-corrected chi connectivity index (χ3v) is 7.01. The number of sulfonamides is 1. The summed E-state index contributed by atoms with van der Waals surface area (Å²) in [4.78, 5) is 23.3. The number of nitrogen functional groups attached to an aromatic ring is 1. The van der Waals surface area contributed by atoms with Crippen LogP contribution in [0.25, 0.3) is 0 Å². The zero-order chi connectivity index (χ0) is 25.9. The van der Waals surface area contributed by atoms with Crippen molar-refractivity contribution in [1.29, 1.82) is 0 Å². The van der Waals surface area contributed by atoms with Gasteiger partial charge >= 0.3 is 0 Å². The van der Waals surface area contributed by atoms with Gasteiger partial charge in [-0.15, -0.1) is 0 Å². The van der Waals surface area contributed by atoms with Crippen molar-refractivity contribution in [2.75, 3.05) is 10.0 Å². The lowest BCUT2D eigenvalue weighted by Gasteiger charge is -2.28. The van der Waals surface area contributed by atoms with Crippen molar-refractivity contribution in [2.24, 2.45) is 0 Å². The van der Waals surface area contributed by atoms with Gasteiger partial charge in [0.2, 0.25) is 0 Å². The van der Waals surface area contributed by atoms with Crippen molar-refractivity contribution >= 4 is 38.6 Å². The first kappa shape index (κ1) is 24.4. The van der Waals surface area contributed by atoms with Crippen molar-refractivity contribution in [3.05, 3.63) is 113 Å². The van der Waals surface area contributed by atoms with Crippen LogP contribution in [-0.2, 0) is 10.0 Å². The molecule has 0 spiro atoms. The van der Waals surface area contributed by atoms with Crippen LogP contribution in [0.1, 0.15) is 17.3 Å². The second-order valence-corrected chi connectivity index (χ2v) is 9.52. The highest BCUT2D eigenvalue weighted by molar-refractivity contribution is 7.93. The number of nitrogens with two attached hydrogens (primary N) is 1. The minimum atomic E-state index is -4.35. The number of carbonyl (C=O) groups is 1. The van der Waals surface area contributed by atoms with Crippen molar-refractivity contribution in [2.45, 2.75) is 11.8 Å². The molecule has 36 heavy (non-hydrogen) atoms. The molecule has 0 aliphatic heterocycles. The van der Waals surface area contributed by atoms with Gasteiger partial charge in [-0.2, -0.15) is 0 Å². The Morgan fingerprint density at radius 2 is 1.53 bits per heavy atom. The number of Topliss-reactive ketones (excluding diaryl/α,β-unsaturated/α-hetero) is 1. The van der Waals surface area contributed by atoms with Crippen molar-refractivity contribution in [1.82, 2.24) is 0 Å². The highest BCUT2D eigenvalue weighted by Gasteiger charge is 2.32. The predicted molar refractivity (Wildman–Crippen MR) is 136 cm³/mol. The van der Waals surface area contributed by atoms with Crippen LogP contribution in [-0.4, -0.2) is 19.1 Å². The molecule has 0 radical (unpaired) electrons. The number of ether oxygens (including phenoxy) is 1. The van der Waals surface area contributed by atoms with Crippen LogP contribution in [0.3, 0.4) is 0 Å². The number of carbonyl (C=O) groups excluding carboxylic acids is 1. The first-order valence-electron chi connectivity index (χ1n) is 10.7. The average molecular weight is 504 g/mol. The fraction of sp³-hybridized carbons (Fsp3) is 0.0385. The van der Waals surface area contributed by atoms with E-state index in [0.717, 1.165) is 10.4 Å². The molecule has 4 aromatic carbocycles. The number of rotatable bonds is 8. The summed E-state index contributed by atoms with van der Waals surface area (Å²) in [7, 11) is -4.35. The lowest BCUT2D eigenvalue weighted by Crippen LogP contribution is -2.28. The maximum atomic E-state index is 14.0. The van der Waals surface area contributed by atoms with Crippen LogP contribution >= 0.6 is 0 Å². The molecule has 4 rings (SSSR count). The van der Waals surface area contributed by atoms with Crippen LogP contribution in [0.4, 0.5) is 22.7 Å². The van der Waals surface area contributed by atoms with E-state index < -0.39 is 14.9 Å². The maximum absolute atomic E-state index is 14.0. The summed E-state index contributed by atoms with van der Waals surface area (Å²) in [6.07, 6.45) is 0. The zero-order valence-corrected chi connectivity index (χ0v) is 19.9. The summed E-state index contributed by atoms with van der Waals surface area (Å²) in [6, 6.07) is 23.8. The fourth-order valence-corrected chi connectivity index (χ4v) is 5.08. The smallest absolute Gasteiger partial charge is 0.273 e. The third kappa shape index (κ3) is 4.89. The standard InChI is InChI=1S/C26H21N3O6S/c1-18(30)23-9-5-6-10-24(23)28(36(33,34)22-14-11-19(27)12-15-22)25-16-13-20(29(31)32)17-26(25)35-21-7-3-2-4-8-21/h2-17H,27H2,1H3. The van der Waals surface area contributed by atoms with Crippen molar-refractivity contribution < 1.29 is 22.9 Å². The van der Waals surface area contributed by atoms with Gasteiger partial charge in [-0.05, 0) is 61.5 Å². The third-order valence-electron chi connectivity index (χ3n) is 5.26. The Hall–Kier alpha value is -4.70. The summed E-state index contributed by atoms with van der Waals surface area (Å²) in [5.41, 5.74) is 6.01. The number of nitro groups is 1. The van der Waals surface area contributed by atoms with E-state index in [1.807, 2.05) is 0 Å². The van der Waals surface area contributed by atoms with Crippen LogP contribution in [0.5, 0.6) is 11.5 Å². The van der Waals surface area contributed by atoms with E-state index in [1.54, 1.807) is 42.5 Å². The minimum absolute atomic E-state index is 0.0185. The Morgan fingerprint density at radius 3 is 2.17 bits per heavy atom. The molecule has 10 heteroatoms. The Bertz CT molecular complexity index is 1540. The molecule has 0 aromatic heterocycles. The number of para-hydroxylation sites is 2. The van der Waals surface area contributed by atoms with E-state index in [9.17, 15) is 23.3 Å². The quantitative estimate of drug-likeness (QED) is 0.141. The average Bonchev–Trinajstić information content (AvgIpc) is 2.86. The molecule has 0 amide bonds. The number of nitro benzene ring substituents is 1. The molecule has 4 aromatic rings. The molecule has 0 aliphatic carbocycles. The Balaban J connectivity index is 2.02. The van der Waals surface area contributed by atoms with Gasteiger partial charge in [-0.1, -0.05) is 30.3 Å². The van der Waals surface area contributed by atoms with Gasteiger partial charge in [0, 0.05) is 17.3 Å². The second kappa shape index (κ2) is 9.88. The number of anilines is 3. The second-order valence-electron chi connectivity index (χ2n) is 7.74. The normalized spacial score (nSPS) is 11.0. The molecule has 0 unspecified atom stereocenters. The molecule has 0 bridgehead atoms. The summed E-state index contributed by atoms with van der Waals surface area (Å²) < 4.78 is 34.9. The first-order valence-corrected chi connectivity index (χ1v) is 12.1. The summed E-state index contributed by atoms with van der Waals surface area (Å²) in [5.74, 6) is -0.118. The predicted octanol–water partition coefficient (Wildman–Crippen LogP) is 5.70. The highest BCUT2D eigenvalue weighted by Crippen LogP contribution is 2.43. The van der Waals surface area contributed by atoms with Crippen LogP contribution < -0.4 is 14.8 Å². The zero-order valence-electron chi connectivity index (χ0n) is 19.1. The van der Waals surface area contributed by atoms with Gasteiger partial charge in [0.05, 0.1) is 21.6 Å². The van der Waals surface area contributed by atoms with Crippen molar-refractivity contribution in [3.8, 4) is 11.5 Å². The van der Waals surface area contributed by atoms with E-state index in [-0.39, 0.29) is 39.1 Å². The van der Waals surface area contributed by atoms with Crippen LogP contribution in [0.15, 0.2) is 102 Å². The summed E-state index contributed by atoms with van der Waals surface area (Å²) in [6.45, 7) is 1.32. The van der Waals surface area contributed by atoms with Gasteiger partial charge in [-0.25, -0.2) is 12.7 Å². The summed E-state index contributed by atoms with van der Waals surface area (Å²) in [5, 5.41) is 11.5. The fourth-order valence-electron chi connectivity index (χ4n) is 3.56. The van der Waals surface area contributed by atoms with Gasteiger partial charge in [0.1, 0.15) is 11.4 Å². The number of ketones is 1. The van der Waals surface area contributed by atoms with Gasteiger partial charge in [0.15, 0.2) is 11.5 Å². The number of hydrogen-bond donors (Lipinski definition) is 1. The largest absolute Gasteiger partial charge is 0.455 e. The van der Waals surface area contributed by atoms with Crippen LogP contribution in [0, 0.1) is 10.1 Å². The molecular weight excluding hydrogens is 482 g/mol. The highest BCUT2D eigenvalue weighted by atomic mass is 32.2. The van der Waals surface area contributed by atoms with Gasteiger partial charge in [0.25, 0.3) is 15.7 Å². The number of benzene rings is 4. The Morgan fingerprint density at radius 1 is 0.889 bits per heavy atom. The number of non-ortho nitro benzene ring substituents is 1. The molecule has 182 valence electrons. The van der Waals surface area contributed by atoms with Crippen LogP contribution in [0.2, 0.25) is 0 Å². The first-order chi connectivity index (χ1) is 17.2. The minimum Gasteiger partial charge on any atom is -0.455 e. The number of hydrogen-bond acceptors (Lipinski definition) is 7. The molecule has 0 fully saturated rings. The molecule has 2 N–H and O–H groups in total. The molecule has 0 aliphatic rings. The van der Waals surface area contributed by atoms with Gasteiger partial charge in [-0.3, -0.25) is 14.9 Å². The van der Waals surface area contributed by atoms with E-state index in [2.05, 4.69) is 0 Å². The van der Waals surface area contributed by atoms with Crippen molar-refractivity contribution in [3.63, 3.8) is 0 Å². The molecule has 0 heterocycles. The SMILES string of the molecule is CC(=O)c1ccccc1N(c1ccc([N+](=O)[O-])cc1Oc1ccccc1)S(=O)(=O)c1ccc(N)cc1. The molecular formula is C26H21N3O6S. The maximum Gasteiger partial charge on any atom is 0.273 e. The molecule has 0 saturated heterocycles. The molecule has 0 atom stereocenters. The monoisotopic (exact) mass is 503 g/mol. The van der Waals surface area contributed by atoms with Gasteiger partial charge < -0.3 is 10.5 Å².